The minimum Gasteiger partial charge on any atom is -1.00 e. The lowest BCUT2D eigenvalue weighted by Gasteiger charge is -2.44. The van der Waals surface area contributed by atoms with E-state index in [1.165, 1.54) is 25.0 Å². The molecule has 29 heavy (non-hydrogen) atoms. The van der Waals surface area contributed by atoms with Gasteiger partial charge in [0, 0.05) is 31.4 Å². The molecule has 2 aliphatic rings. The first-order valence-corrected chi connectivity index (χ1v) is 10.0. The number of amides is 1. The van der Waals surface area contributed by atoms with Gasteiger partial charge < -0.3 is 26.2 Å². The number of quaternary nitrogens is 1. The second-order valence-corrected chi connectivity index (χ2v) is 8.54. The van der Waals surface area contributed by atoms with Crippen LogP contribution >= 0.6 is 0 Å². The molecule has 2 heterocycles. The SMILES string of the molecule is C[N+]1(C)[C@@H]2CC[C@H]1C[C@@H](OC(=O)N(Cc1cccc(F)c1)c1ccccc1)C2.[Br-]. The number of nitrogens with zero attached hydrogens (tertiary/aromatic N) is 2. The van der Waals surface area contributed by atoms with Gasteiger partial charge >= 0.3 is 6.09 Å². The summed E-state index contributed by atoms with van der Waals surface area (Å²) < 4.78 is 20.6. The molecule has 4 nitrogen and oxygen atoms in total. The van der Waals surface area contributed by atoms with Crippen LogP contribution in [-0.4, -0.2) is 42.9 Å². The van der Waals surface area contributed by atoms with Crippen molar-refractivity contribution in [3.8, 4) is 0 Å². The van der Waals surface area contributed by atoms with E-state index in [1.54, 1.807) is 11.0 Å². The maximum Gasteiger partial charge on any atom is 0.414 e. The molecule has 2 aliphatic heterocycles. The van der Waals surface area contributed by atoms with Crippen molar-refractivity contribution in [2.45, 2.75) is 50.4 Å². The number of hydrogen-bond acceptors (Lipinski definition) is 2. The molecule has 1 amide bonds. The number of anilines is 1. The monoisotopic (exact) mass is 462 g/mol. The Kier molecular flexibility index (Phi) is 6.64. The van der Waals surface area contributed by atoms with Crippen LogP contribution in [0.5, 0.6) is 0 Å². The number of para-hydroxylation sites is 1. The van der Waals surface area contributed by atoms with Crippen molar-refractivity contribution < 1.29 is 35.4 Å². The van der Waals surface area contributed by atoms with Gasteiger partial charge in [0.2, 0.25) is 0 Å². The molecule has 2 fully saturated rings. The predicted molar refractivity (Wildman–Crippen MR) is 107 cm³/mol. The summed E-state index contributed by atoms with van der Waals surface area (Å²) in [5.74, 6) is -0.303. The third kappa shape index (κ3) is 4.64. The van der Waals surface area contributed by atoms with Crippen LogP contribution in [0.3, 0.4) is 0 Å². The van der Waals surface area contributed by atoms with E-state index in [1.807, 2.05) is 36.4 Å². The van der Waals surface area contributed by atoms with Gasteiger partial charge in [-0.05, 0) is 29.8 Å². The first kappa shape index (κ1) is 21.8. The fraction of sp³-hybridized carbons (Fsp3) is 0.435. The van der Waals surface area contributed by atoms with Crippen LogP contribution in [0, 0.1) is 5.82 Å². The Bertz CT molecular complexity index is 830. The Hall–Kier alpha value is -1.92. The fourth-order valence-electron chi connectivity index (χ4n) is 4.82. The number of fused-ring (bicyclic) bond motifs is 2. The molecule has 0 aliphatic carbocycles. The largest absolute Gasteiger partial charge is 1.00 e. The quantitative estimate of drug-likeness (QED) is 0.647. The third-order valence-corrected chi connectivity index (χ3v) is 6.57. The molecule has 2 saturated heterocycles. The Balaban J connectivity index is 0.00000240. The van der Waals surface area contributed by atoms with Crippen molar-refractivity contribution in [2.75, 3.05) is 19.0 Å². The molecule has 0 unspecified atom stereocenters. The standard InChI is InChI=1S/C23H28FN2O2.BrH/c1-26(2)20-11-12-21(26)15-22(14-20)28-23(27)25(19-9-4-3-5-10-19)16-17-7-6-8-18(24)13-17;/h3-10,13,20-22H,11-12,14-16H2,1-2H3;1H/q+1;/p-1/t20-,21+,22+;. The minimum atomic E-state index is -0.355. The van der Waals surface area contributed by atoms with Crippen LogP contribution in [0.2, 0.25) is 0 Å². The summed E-state index contributed by atoms with van der Waals surface area (Å²) in [6.45, 7) is 0.280. The number of ether oxygens (including phenoxy) is 1. The zero-order valence-electron chi connectivity index (χ0n) is 16.9. The zero-order valence-corrected chi connectivity index (χ0v) is 18.5. The highest BCUT2D eigenvalue weighted by Crippen LogP contribution is 2.40. The van der Waals surface area contributed by atoms with Gasteiger partial charge in [-0.2, -0.15) is 0 Å². The van der Waals surface area contributed by atoms with Crippen LogP contribution in [0.1, 0.15) is 31.2 Å². The zero-order chi connectivity index (χ0) is 19.7. The third-order valence-electron chi connectivity index (χ3n) is 6.57. The molecule has 4 rings (SSSR count). The highest BCUT2D eigenvalue weighted by Gasteiger charge is 2.50. The van der Waals surface area contributed by atoms with Gasteiger partial charge in [0.25, 0.3) is 0 Å². The first-order chi connectivity index (χ1) is 13.4. The molecule has 156 valence electrons. The average Bonchev–Trinajstić information content (AvgIpc) is 2.84. The van der Waals surface area contributed by atoms with Gasteiger partial charge in [-0.25, -0.2) is 9.18 Å². The number of rotatable bonds is 4. The highest BCUT2D eigenvalue weighted by atomic mass is 79.9. The van der Waals surface area contributed by atoms with Gasteiger partial charge in [0.05, 0.1) is 32.7 Å². The lowest BCUT2D eigenvalue weighted by Crippen LogP contribution is -3.00. The number of carbonyl (C=O) groups is 1. The van der Waals surface area contributed by atoms with E-state index in [0.29, 0.717) is 12.1 Å². The average molecular weight is 463 g/mol. The summed E-state index contributed by atoms with van der Waals surface area (Å²) in [4.78, 5) is 14.7. The van der Waals surface area contributed by atoms with Gasteiger partial charge in [0.15, 0.2) is 0 Å². The topological polar surface area (TPSA) is 29.5 Å². The summed E-state index contributed by atoms with van der Waals surface area (Å²) in [5.41, 5.74) is 1.49. The molecule has 0 aromatic heterocycles. The van der Waals surface area contributed by atoms with E-state index < -0.39 is 0 Å². The molecule has 3 atom stereocenters. The maximum atomic E-state index is 13.6. The molecule has 2 bridgehead atoms. The Morgan fingerprint density at radius 3 is 2.34 bits per heavy atom. The van der Waals surface area contributed by atoms with E-state index in [4.69, 9.17) is 4.74 Å². The number of carbonyl (C=O) groups excluding carboxylic acids is 1. The number of piperidine rings is 1. The van der Waals surface area contributed by atoms with E-state index >= 15 is 0 Å². The van der Waals surface area contributed by atoms with Gasteiger partial charge in [0.1, 0.15) is 11.9 Å². The molecule has 0 saturated carbocycles. The van der Waals surface area contributed by atoms with Crippen molar-refractivity contribution in [1.82, 2.24) is 0 Å². The normalized spacial score (nSPS) is 24.4. The Morgan fingerprint density at radius 1 is 1.07 bits per heavy atom. The van der Waals surface area contributed by atoms with Crippen LogP contribution < -0.4 is 21.9 Å². The number of hydrogen-bond donors (Lipinski definition) is 0. The molecule has 0 radical (unpaired) electrons. The molecule has 2 aromatic carbocycles. The smallest absolute Gasteiger partial charge is 0.414 e. The van der Waals surface area contributed by atoms with Crippen molar-refractivity contribution in [1.29, 1.82) is 0 Å². The Labute approximate surface area is 182 Å². The van der Waals surface area contributed by atoms with E-state index in [2.05, 4.69) is 14.1 Å². The van der Waals surface area contributed by atoms with Gasteiger partial charge in [-0.15, -0.1) is 0 Å². The predicted octanol–water partition coefficient (Wildman–Crippen LogP) is 1.74. The van der Waals surface area contributed by atoms with Crippen molar-refractivity contribution >= 4 is 11.8 Å². The number of halogens is 2. The maximum absolute atomic E-state index is 13.6. The molecule has 0 N–H and O–H groups in total. The summed E-state index contributed by atoms with van der Waals surface area (Å²) in [6, 6.07) is 16.9. The first-order valence-electron chi connectivity index (χ1n) is 10.0. The molecular formula is C23H28BrFN2O2. The summed E-state index contributed by atoms with van der Waals surface area (Å²) in [5, 5.41) is 0. The van der Waals surface area contributed by atoms with Crippen molar-refractivity contribution in [2.24, 2.45) is 0 Å². The van der Waals surface area contributed by atoms with Crippen LogP contribution in [0.4, 0.5) is 14.9 Å². The van der Waals surface area contributed by atoms with E-state index in [9.17, 15) is 9.18 Å². The van der Waals surface area contributed by atoms with E-state index in [-0.39, 0.29) is 41.5 Å². The summed E-state index contributed by atoms with van der Waals surface area (Å²) in [7, 11) is 4.58. The van der Waals surface area contributed by atoms with Crippen molar-refractivity contribution in [3.05, 3.63) is 66.0 Å². The van der Waals surface area contributed by atoms with Crippen LogP contribution in [-0.2, 0) is 11.3 Å². The minimum absolute atomic E-state index is 0. The van der Waals surface area contributed by atoms with E-state index in [0.717, 1.165) is 28.6 Å². The lowest BCUT2D eigenvalue weighted by atomic mass is 9.98. The summed E-state index contributed by atoms with van der Waals surface area (Å²) >= 11 is 0. The molecule has 0 spiro atoms. The van der Waals surface area contributed by atoms with Gasteiger partial charge in [-0.3, -0.25) is 4.90 Å². The Morgan fingerprint density at radius 2 is 1.72 bits per heavy atom. The molecular weight excluding hydrogens is 435 g/mol. The lowest BCUT2D eigenvalue weighted by molar-refractivity contribution is -0.931. The fourth-order valence-corrected chi connectivity index (χ4v) is 4.82. The molecule has 6 heteroatoms. The second kappa shape index (κ2) is 8.84. The molecule has 2 aromatic rings. The van der Waals surface area contributed by atoms with Crippen molar-refractivity contribution in [3.63, 3.8) is 0 Å². The second-order valence-electron chi connectivity index (χ2n) is 8.54. The summed E-state index contributed by atoms with van der Waals surface area (Å²) in [6.07, 6.45) is 3.84. The van der Waals surface area contributed by atoms with Crippen LogP contribution in [0.15, 0.2) is 54.6 Å². The number of benzene rings is 2. The van der Waals surface area contributed by atoms with Crippen LogP contribution in [0.25, 0.3) is 0 Å². The highest BCUT2D eigenvalue weighted by molar-refractivity contribution is 5.87. The van der Waals surface area contributed by atoms with Gasteiger partial charge in [-0.1, -0.05) is 30.3 Å².